The number of aromatic hydroxyl groups is 1. The number of phenols is 1. The van der Waals surface area contributed by atoms with Gasteiger partial charge in [0.25, 0.3) is 0 Å². The lowest BCUT2D eigenvalue weighted by molar-refractivity contribution is -0.386. The van der Waals surface area contributed by atoms with Gasteiger partial charge in [-0.25, -0.2) is 10.2 Å². The van der Waals surface area contributed by atoms with Gasteiger partial charge < -0.3 is 15.2 Å². The van der Waals surface area contributed by atoms with Crippen LogP contribution in [-0.4, -0.2) is 28.9 Å². The van der Waals surface area contributed by atoms with E-state index in [9.17, 15) is 20.0 Å². The van der Waals surface area contributed by atoms with Crippen molar-refractivity contribution in [3.63, 3.8) is 0 Å². The number of phenolic OH excluding ortho intramolecular Hbond substituents is 1. The predicted molar refractivity (Wildman–Crippen MR) is 97.1 cm³/mol. The number of nitro groups is 1. The quantitative estimate of drug-likeness (QED) is 0.403. The van der Waals surface area contributed by atoms with Crippen LogP contribution < -0.4 is 15.5 Å². The second-order valence-electron chi connectivity index (χ2n) is 4.91. The van der Waals surface area contributed by atoms with E-state index in [1.54, 1.807) is 31.2 Å². The lowest BCUT2D eigenvalue weighted by Crippen LogP contribution is -2.24. The van der Waals surface area contributed by atoms with Gasteiger partial charge in [-0.3, -0.25) is 10.1 Å². The third-order valence-corrected chi connectivity index (χ3v) is 3.31. The Labute approximate surface area is 153 Å². The van der Waals surface area contributed by atoms with Crippen LogP contribution in [0.2, 0.25) is 5.02 Å². The van der Waals surface area contributed by atoms with E-state index in [0.717, 1.165) is 6.07 Å². The summed E-state index contributed by atoms with van der Waals surface area (Å²) in [6.45, 7) is 1.89. The average molecular weight is 379 g/mol. The molecule has 0 aliphatic heterocycles. The molecule has 0 bridgehead atoms. The Morgan fingerprint density at radius 2 is 2.08 bits per heavy atom. The molecule has 0 atom stereocenters. The van der Waals surface area contributed by atoms with Crippen molar-refractivity contribution in [3.05, 3.63) is 57.1 Å². The topological polar surface area (TPSA) is 126 Å². The van der Waals surface area contributed by atoms with Crippen LogP contribution in [0.4, 0.5) is 16.2 Å². The first-order valence-electron chi connectivity index (χ1n) is 7.40. The number of carbonyl (C=O) groups is 1. The summed E-state index contributed by atoms with van der Waals surface area (Å²) in [5, 5.41) is 27.6. The molecule has 0 heterocycles. The molecule has 0 saturated carbocycles. The van der Waals surface area contributed by atoms with Crippen molar-refractivity contribution < 1.29 is 19.6 Å². The van der Waals surface area contributed by atoms with Crippen LogP contribution in [0.1, 0.15) is 12.5 Å². The monoisotopic (exact) mass is 378 g/mol. The van der Waals surface area contributed by atoms with Crippen molar-refractivity contribution in [2.45, 2.75) is 6.92 Å². The zero-order chi connectivity index (χ0) is 19.1. The first-order valence-corrected chi connectivity index (χ1v) is 7.78. The maximum Gasteiger partial charge on any atom is 0.339 e. The van der Waals surface area contributed by atoms with Crippen LogP contribution in [0.5, 0.6) is 11.5 Å². The minimum atomic E-state index is -0.740. The number of hydrogen-bond donors (Lipinski definition) is 3. The van der Waals surface area contributed by atoms with Gasteiger partial charge in [-0.05, 0) is 37.3 Å². The smallest absolute Gasteiger partial charge is 0.339 e. The fourth-order valence-corrected chi connectivity index (χ4v) is 2.08. The predicted octanol–water partition coefficient (Wildman–Crippen LogP) is 3.51. The number of carbonyl (C=O) groups excluding carboxylic acids is 1. The Bertz CT molecular complexity index is 839. The summed E-state index contributed by atoms with van der Waals surface area (Å²) in [6, 6.07) is 8.33. The largest absolute Gasteiger partial charge is 0.500 e. The average Bonchev–Trinajstić information content (AvgIpc) is 2.59. The molecule has 0 unspecified atom stereocenters. The molecule has 2 aromatic carbocycles. The van der Waals surface area contributed by atoms with Crippen LogP contribution in [-0.2, 0) is 0 Å². The van der Waals surface area contributed by atoms with E-state index >= 15 is 0 Å². The van der Waals surface area contributed by atoms with Crippen LogP contribution in [0.3, 0.4) is 0 Å². The van der Waals surface area contributed by atoms with Gasteiger partial charge in [0.05, 0.1) is 17.7 Å². The standard InChI is InChI=1S/C16H15ClN4O5/c1-2-26-14-8-10(7-13(15(14)22)21(24)25)9-18-20-16(23)19-12-5-3-11(17)4-6-12/h3-9,22H,2H2,1H3,(H2,19,20,23)/b18-9-. The molecule has 0 fully saturated rings. The molecule has 136 valence electrons. The number of urea groups is 1. The summed E-state index contributed by atoms with van der Waals surface area (Å²) in [6.07, 6.45) is 1.19. The van der Waals surface area contributed by atoms with Gasteiger partial charge in [0.15, 0.2) is 5.75 Å². The number of nitrogens with zero attached hydrogens (tertiary/aromatic N) is 2. The van der Waals surface area contributed by atoms with Crippen molar-refractivity contribution in [2.75, 3.05) is 11.9 Å². The summed E-state index contributed by atoms with van der Waals surface area (Å²) >= 11 is 5.75. The first-order chi connectivity index (χ1) is 12.4. The number of amides is 2. The molecule has 0 aromatic heterocycles. The Kier molecular flexibility index (Phi) is 6.34. The Morgan fingerprint density at radius 3 is 2.69 bits per heavy atom. The summed E-state index contributed by atoms with van der Waals surface area (Å²) in [7, 11) is 0. The first kappa shape index (κ1) is 19.0. The number of nitrogens with one attached hydrogen (secondary N) is 2. The second kappa shape index (κ2) is 8.67. The van der Waals surface area contributed by atoms with Gasteiger partial charge in [-0.1, -0.05) is 11.6 Å². The molecule has 3 N–H and O–H groups in total. The number of anilines is 1. The van der Waals surface area contributed by atoms with Crippen LogP contribution in [0.15, 0.2) is 41.5 Å². The molecule has 2 amide bonds. The Hall–Kier alpha value is -3.33. The lowest BCUT2D eigenvalue weighted by atomic mass is 10.2. The minimum absolute atomic E-state index is 0.0474. The van der Waals surface area contributed by atoms with Gasteiger partial charge in [-0.2, -0.15) is 5.10 Å². The fraction of sp³-hybridized carbons (Fsp3) is 0.125. The molecule has 0 aliphatic rings. The third-order valence-electron chi connectivity index (χ3n) is 3.06. The van der Waals surface area contributed by atoms with E-state index in [1.165, 1.54) is 12.3 Å². The van der Waals surface area contributed by atoms with Crippen molar-refractivity contribution in [3.8, 4) is 11.5 Å². The van der Waals surface area contributed by atoms with Gasteiger partial charge in [0, 0.05) is 22.3 Å². The number of halogens is 1. The van der Waals surface area contributed by atoms with Crippen molar-refractivity contribution >= 4 is 35.2 Å². The van der Waals surface area contributed by atoms with Crippen LogP contribution >= 0.6 is 11.6 Å². The van der Waals surface area contributed by atoms with Crippen molar-refractivity contribution in [1.82, 2.24) is 5.43 Å². The number of nitro benzene ring substituents is 1. The highest BCUT2D eigenvalue weighted by Gasteiger charge is 2.19. The van der Waals surface area contributed by atoms with Crippen LogP contribution in [0, 0.1) is 10.1 Å². The summed E-state index contributed by atoms with van der Waals surface area (Å²) in [5.74, 6) is -0.615. The van der Waals surface area contributed by atoms with Gasteiger partial charge in [0.2, 0.25) is 5.75 Å². The summed E-state index contributed by atoms with van der Waals surface area (Å²) in [5.41, 5.74) is 2.48. The molecule has 0 radical (unpaired) electrons. The number of ether oxygens (including phenoxy) is 1. The Morgan fingerprint density at radius 1 is 1.38 bits per heavy atom. The van der Waals surface area contributed by atoms with Crippen LogP contribution in [0.25, 0.3) is 0 Å². The van der Waals surface area contributed by atoms with Gasteiger partial charge >= 0.3 is 11.7 Å². The lowest BCUT2D eigenvalue weighted by Gasteiger charge is -2.07. The van der Waals surface area contributed by atoms with Gasteiger partial charge in [-0.15, -0.1) is 0 Å². The maximum absolute atomic E-state index is 11.7. The number of rotatable bonds is 6. The zero-order valence-electron chi connectivity index (χ0n) is 13.6. The highest BCUT2D eigenvalue weighted by Crippen LogP contribution is 2.36. The van der Waals surface area contributed by atoms with E-state index in [-0.39, 0.29) is 17.9 Å². The van der Waals surface area contributed by atoms with E-state index in [4.69, 9.17) is 16.3 Å². The maximum atomic E-state index is 11.7. The Balaban J connectivity index is 2.08. The SMILES string of the molecule is CCOc1cc(/C=N\NC(=O)Nc2ccc(Cl)cc2)cc([N+](=O)[O-])c1O. The molecular weight excluding hydrogens is 364 g/mol. The summed E-state index contributed by atoms with van der Waals surface area (Å²) < 4.78 is 5.16. The zero-order valence-corrected chi connectivity index (χ0v) is 14.4. The molecular formula is C16H15ClN4O5. The van der Waals surface area contributed by atoms with E-state index < -0.39 is 22.4 Å². The molecule has 0 aliphatic carbocycles. The number of hydrazone groups is 1. The molecule has 0 saturated heterocycles. The van der Waals surface area contributed by atoms with Crippen molar-refractivity contribution in [1.29, 1.82) is 0 Å². The van der Waals surface area contributed by atoms with Crippen molar-refractivity contribution in [2.24, 2.45) is 5.10 Å². The summed E-state index contributed by atoms with van der Waals surface area (Å²) in [4.78, 5) is 22.0. The molecule has 10 heteroatoms. The third kappa shape index (κ3) is 5.08. The molecule has 0 spiro atoms. The number of benzene rings is 2. The van der Waals surface area contributed by atoms with E-state index in [0.29, 0.717) is 10.7 Å². The van der Waals surface area contributed by atoms with Gasteiger partial charge in [0.1, 0.15) is 0 Å². The highest BCUT2D eigenvalue weighted by atomic mass is 35.5. The highest BCUT2D eigenvalue weighted by molar-refractivity contribution is 6.30. The van der Waals surface area contributed by atoms with E-state index in [2.05, 4.69) is 15.8 Å². The molecule has 2 aromatic rings. The normalized spacial score (nSPS) is 10.5. The minimum Gasteiger partial charge on any atom is -0.500 e. The van der Waals surface area contributed by atoms with E-state index in [1.807, 2.05) is 0 Å². The number of hydrogen-bond acceptors (Lipinski definition) is 6. The molecule has 26 heavy (non-hydrogen) atoms. The second-order valence-corrected chi connectivity index (χ2v) is 5.34. The molecule has 9 nitrogen and oxygen atoms in total. The fourth-order valence-electron chi connectivity index (χ4n) is 1.95. The molecule has 2 rings (SSSR count).